The summed E-state index contributed by atoms with van der Waals surface area (Å²) >= 11 is 12.1. The Labute approximate surface area is 224 Å². The van der Waals surface area contributed by atoms with Crippen LogP contribution in [0.4, 0.5) is 5.69 Å². The Morgan fingerprint density at radius 3 is 2.51 bits per heavy atom. The molecule has 3 aromatic carbocycles. The highest BCUT2D eigenvalue weighted by molar-refractivity contribution is 6.44. The summed E-state index contributed by atoms with van der Waals surface area (Å²) in [4.78, 5) is 23.8. The van der Waals surface area contributed by atoms with Crippen LogP contribution < -0.4 is 14.8 Å². The first-order chi connectivity index (χ1) is 17.8. The number of aromatic carboxylic acids is 1. The van der Waals surface area contributed by atoms with Gasteiger partial charge in [0, 0.05) is 5.56 Å². The number of carbonyl (C=O) groups excluding carboxylic acids is 1. The second-order valence-corrected chi connectivity index (χ2v) is 8.51. The third kappa shape index (κ3) is 6.91. The normalized spacial score (nSPS) is 10.8. The number of carbonyl (C=O) groups is 2. The molecule has 0 saturated heterocycles. The minimum atomic E-state index is -1.01. The van der Waals surface area contributed by atoms with E-state index < -0.39 is 11.9 Å². The van der Waals surface area contributed by atoms with Crippen molar-refractivity contribution in [1.82, 2.24) is 0 Å². The Morgan fingerprint density at radius 1 is 1.16 bits per heavy atom. The first-order valence-corrected chi connectivity index (χ1v) is 11.7. The van der Waals surface area contributed by atoms with E-state index in [2.05, 4.69) is 11.9 Å². The van der Waals surface area contributed by atoms with Gasteiger partial charge in [-0.15, -0.1) is 6.58 Å². The summed E-state index contributed by atoms with van der Waals surface area (Å²) in [5, 5.41) is 21.7. The van der Waals surface area contributed by atoms with Gasteiger partial charge in [0.1, 0.15) is 18.2 Å². The molecule has 0 aromatic heterocycles. The van der Waals surface area contributed by atoms with Crippen LogP contribution in [-0.2, 0) is 17.8 Å². The number of benzene rings is 3. The van der Waals surface area contributed by atoms with Crippen molar-refractivity contribution in [2.24, 2.45) is 0 Å². The summed E-state index contributed by atoms with van der Waals surface area (Å²) in [6, 6.07) is 16.5. The van der Waals surface area contributed by atoms with E-state index in [0.717, 1.165) is 11.1 Å². The first-order valence-electron chi connectivity index (χ1n) is 10.9. The smallest absolute Gasteiger partial charge is 0.335 e. The van der Waals surface area contributed by atoms with E-state index in [4.69, 9.17) is 37.8 Å². The number of anilines is 1. The summed E-state index contributed by atoms with van der Waals surface area (Å²) in [6.45, 7) is 3.96. The Bertz CT molecular complexity index is 1410. The predicted octanol–water partition coefficient (Wildman–Crippen LogP) is 6.55. The molecule has 0 aliphatic heterocycles. The fourth-order valence-corrected chi connectivity index (χ4v) is 3.74. The van der Waals surface area contributed by atoms with Gasteiger partial charge >= 0.3 is 5.97 Å². The lowest BCUT2D eigenvalue weighted by molar-refractivity contribution is -0.112. The van der Waals surface area contributed by atoms with E-state index in [-0.39, 0.29) is 33.5 Å². The van der Waals surface area contributed by atoms with Gasteiger partial charge in [-0.25, -0.2) is 4.79 Å². The third-order valence-electron chi connectivity index (χ3n) is 5.20. The predicted molar refractivity (Wildman–Crippen MR) is 143 cm³/mol. The number of allylic oxidation sites excluding steroid dienone is 1. The lowest BCUT2D eigenvalue weighted by Gasteiger charge is -2.16. The highest BCUT2D eigenvalue weighted by Gasteiger charge is 2.16. The van der Waals surface area contributed by atoms with E-state index in [9.17, 15) is 14.9 Å². The molecule has 1 amide bonds. The van der Waals surface area contributed by atoms with Crippen molar-refractivity contribution in [2.45, 2.75) is 13.0 Å². The molecule has 0 bridgehead atoms. The van der Waals surface area contributed by atoms with Gasteiger partial charge in [0.15, 0.2) is 11.5 Å². The largest absolute Gasteiger partial charge is 0.493 e. The molecule has 9 heteroatoms. The van der Waals surface area contributed by atoms with Gasteiger partial charge < -0.3 is 19.9 Å². The van der Waals surface area contributed by atoms with Crippen LogP contribution in [0.2, 0.25) is 10.0 Å². The van der Waals surface area contributed by atoms with E-state index >= 15 is 0 Å². The van der Waals surface area contributed by atoms with Crippen molar-refractivity contribution in [2.75, 3.05) is 12.4 Å². The number of halogens is 2. The summed E-state index contributed by atoms with van der Waals surface area (Å²) in [7, 11) is 1.48. The first kappa shape index (κ1) is 27.3. The van der Waals surface area contributed by atoms with Crippen molar-refractivity contribution < 1.29 is 24.2 Å². The molecule has 0 saturated carbocycles. The number of rotatable bonds is 10. The molecular formula is C28H22Cl2N2O5. The zero-order valence-electron chi connectivity index (χ0n) is 19.8. The van der Waals surface area contributed by atoms with Gasteiger partial charge in [0.2, 0.25) is 0 Å². The van der Waals surface area contributed by atoms with Crippen LogP contribution in [0.3, 0.4) is 0 Å². The van der Waals surface area contributed by atoms with Crippen LogP contribution in [0.15, 0.2) is 72.8 Å². The molecule has 188 valence electrons. The van der Waals surface area contributed by atoms with Gasteiger partial charge in [-0.2, -0.15) is 5.26 Å². The third-order valence-corrected chi connectivity index (χ3v) is 6.02. The summed E-state index contributed by atoms with van der Waals surface area (Å²) < 4.78 is 11.6. The maximum absolute atomic E-state index is 12.8. The number of hydrogen-bond donors (Lipinski definition) is 2. The van der Waals surface area contributed by atoms with Crippen LogP contribution in [-0.4, -0.2) is 24.1 Å². The SMILES string of the molecule is C=CCc1cc(/C=C(\C#N)C(=O)Nc2cccc(Cl)c2Cl)cc(OC)c1OCc1ccc(C(=O)O)cc1. The summed E-state index contributed by atoms with van der Waals surface area (Å²) in [5.74, 6) is -0.799. The minimum absolute atomic E-state index is 0.158. The number of amides is 1. The number of hydrogen-bond acceptors (Lipinski definition) is 5. The molecule has 0 unspecified atom stereocenters. The van der Waals surface area contributed by atoms with Crippen molar-refractivity contribution in [3.05, 3.63) is 105 Å². The second-order valence-electron chi connectivity index (χ2n) is 7.72. The summed E-state index contributed by atoms with van der Waals surface area (Å²) in [6.07, 6.45) is 3.55. The van der Waals surface area contributed by atoms with Gasteiger partial charge in [-0.3, -0.25) is 4.79 Å². The second kappa shape index (κ2) is 12.6. The fraction of sp³-hybridized carbons (Fsp3) is 0.107. The minimum Gasteiger partial charge on any atom is -0.493 e. The maximum Gasteiger partial charge on any atom is 0.335 e. The quantitative estimate of drug-likeness (QED) is 0.172. The van der Waals surface area contributed by atoms with E-state index in [0.29, 0.717) is 23.5 Å². The molecule has 7 nitrogen and oxygen atoms in total. The number of carboxylic acids is 1. The van der Waals surface area contributed by atoms with Crippen LogP contribution in [0.1, 0.15) is 27.0 Å². The lowest BCUT2D eigenvalue weighted by atomic mass is 10.0. The number of nitrogens with zero attached hydrogens (tertiary/aromatic N) is 1. The molecule has 0 radical (unpaired) electrons. The van der Waals surface area contributed by atoms with Gasteiger partial charge in [-0.1, -0.05) is 47.5 Å². The highest BCUT2D eigenvalue weighted by Crippen LogP contribution is 2.35. The molecule has 0 heterocycles. The monoisotopic (exact) mass is 536 g/mol. The number of nitriles is 1. The summed E-state index contributed by atoms with van der Waals surface area (Å²) in [5.41, 5.74) is 2.33. The Morgan fingerprint density at radius 2 is 1.89 bits per heavy atom. The number of ether oxygens (including phenoxy) is 2. The molecule has 0 aliphatic carbocycles. The van der Waals surface area contributed by atoms with Gasteiger partial charge in [-0.05, 0) is 60.0 Å². The van der Waals surface area contributed by atoms with Crippen molar-refractivity contribution in [3.63, 3.8) is 0 Å². The van der Waals surface area contributed by atoms with Crippen LogP contribution in [0, 0.1) is 11.3 Å². The number of nitrogens with one attached hydrogen (secondary N) is 1. The Hall–Kier alpha value is -4.25. The zero-order chi connectivity index (χ0) is 26.9. The van der Waals surface area contributed by atoms with Crippen LogP contribution >= 0.6 is 23.2 Å². The van der Waals surface area contributed by atoms with Crippen LogP contribution in [0.25, 0.3) is 6.08 Å². The Kier molecular flexibility index (Phi) is 9.33. The molecule has 3 aromatic rings. The molecule has 0 fully saturated rings. The average Bonchev–Trinajstić information content (AvgIpc) is 2.89. The molecule has 37 heavy (non-hydrogen) atoms. The fourth-order valence-electron chi connectivity index (χ4n) is 3.39. The molecule has 0 spiro atoms. The zero-order valence-corrected chi connectivity index (χ0v) is 21.3. The van der Waals surface area contributed by atoms with Gasteiger partial charge in [0.05, 0.1) is 28.4 Å². The van der Waals surface area contributed by atoms with Crippen molar-refractivity contribution in [1.29, 1.82) is 5.26 Å². The van der Waals surface area contributed by atoms with Crippen molar-refractivity contribution in [3.8, 4) is 17.6 Å². The van der Waals surface area contributed by atoms with Gasteiger partial charge in [0.25, 0.3) is 5.91 Å². The molecule has 3 rings (SSSR count). The highest BCUT2D eigenvalue weighted by atomic mass is 35.5. The topological polar surface area (TPSA) is 109 Å². The van der Waals surface area contributed by atoms with E-state index in [1.54, 1.807) is 48.5 Å². The molecule has 2 N–H and O–H groups in total. The standard InChI is InChI=1S/C28H22Cl2N2O5/c1-3-5-20-12-18(13-21(15-31)27(33)32-23-7-4-6-22(29)25(23)30)14-24(36-2)26(20)37-16-17-8-10-19(11-9-17)28(34)35/h3-4,6-14H,1,5,16H2,2H3,(H,32,33)(H,34,35)/b21-13+. The lowest BCUT2D eigenvalue weighted by Crippen LogP contribution is -2.13. The average molecular weight is 537 g/mol. The number of carboxylic acid groups (broad SMARTS) is 1. The molecular weight excluding hydrogens is 515 g/mol. The van der Waals surface area contributed by atoms with Crippen LogP contribution in [0.5, 0.6) is 11.5 Å². The molecule has 0 aliphatic rings. The van der Waals surface area contributed by atoms with E-state index in [1.807, 2.05) is 6.07 Å². The maximum atomic E-state index is 12.8. The van der Waals surface area contributed by atoms with E-state index in [1.165, 1.54) is 25.3 Å². The van der Waals surface area contributed by atoms with Crippen molar-refractivity contribution >= 4 is 46.8 Å². The Balaban J connectivity index is 1.89. The number of methoxy groups -OCH3 is 1. The molecule has 0 atom stereocenters.